The summed E-state index contributed by atoms with van der Waals surface area (Å²) in [7, 11) is 1.77. The average Bonchev–Trinajstić information content (AvgIpc) is 2.92. The van der Waals surface area contributed by atoms with Crippen molar-refractivity contribution in [3.05, 3.63) is 16.4 Å². The maximum absolute atomic E-state index is 11.0. The third-order valence-electron chi connectivity index (χ3n) is 3.40. The molecular formula is C11H18N4O3. The number of hydrogen-bond donors (Lipinski definition) is 1. The van der Waals surface area contributed by atoms with Gasteiger partial charge in [0, 0.05) is 26.2 Å². The summed E-state index contributed by atoms with van der Waals surface area (Å²) in [6.07, 6.45) is 5.11. The summed E-state index contributed by atoms with van der Waals surface area (Å²) in [5.41, 5.74) is 0. The number of aryl methyl sites for hydroxylation is 1. The third-order valence-corrected chi connectivity index (χ3v) is 3.40. The lowest BCUT2D eigenvalue weighted by Crippen LogP contribution is -2.31. The van der Waals surface area contributed by atoms with Crippen LogP contribution in [0.4, 0.5) is 11.6 Å². The number of aliphatic hydroxyl groups is 1. The molecule has 7 nitrogen and oxygen atoms in total. The van der Waals surface area contributed by atoms with E-state index in [-0.39, 0.29) is 18.5 Å². The van der Waals surface area contributed by atoms with E-state index in [4.69, 9.17) is 5.11 Å². The zero-order valence-corrected chi connectivity index (χ0v) is 10.4. The van der Waals surface area contributed by atoms with Gasteiger partial charge in [-0.1, -0.05) is 0 Å². The number of anilines is 1. The summed E-state index contributed by atoms with van der Waals surface area (Å²) in [5.74, 6) is 0.508. The van der Waals surface area contributed by atoms with E-state index in [1.165, 1.54) is 6.33 Å². The molecule has 1 aromatic heterocycles. The molecule has 2 heterocycles. The van der Waals surface area contributed by atoms with Crippen molar-refractivity contribution < 1.29 is 10.0 Å². The largest absolute Gasteiger partial charge is 0.406 e. The van der Waals surface area contributed by atoms with E-state index in [1.54, 1.807) is 11.6 Å². The molecule has 1 atom stereocenters. The van der Waals surface area contributed by atoms with Crippen molar-refractivity contribution in [2.24, 2.45) is 7.05 Å². The number of rotatable bonds is 5. The Hall–Kier alpha value is -1.63. The molecular weight excluding hydrogens is 236 g/mol. The predicted molar refractivity (Wildman–Crippen MR) is 66.6 cm³/mol. The first-order valence-corrected chi connectivity index (χ1v) is 6.18. The number of nitro groups is 1. The minimum absolute atomic E-state index is 0.0756. The second-order valence-electron chi connectivity index (χ2n) is 4.62. The van der Waals surface area contributed by atoms with Gasteiger partial charge in [-0.05, 0) is 35.6 Å². The van der Waals surface area contributed by atoms with Crippen molar-refractivity contribution >= 4 is 11.6 Å². The number of nitrogens with zero attached hydrogens (tertiary/aromatic N) is 4. The van der Waals surface area contributed by atoms with Crippen LogP contribution >= 0.6 is 0 Å². The maximum Gasteiger partial charge on any atom is 0.406 e. The van der Waals surface area contributed by atoms with Gasteiger partial charge in [-0.2, -0.15) is 0 Å². The Balaban J connectivity index is 2.24. The molecule has 1 saturated heterocycles. The maximum atomic E-state index is 11.0. The van der Waals surface area contributed by atoms with Gasteiger partial charge in [-0.25, -0.2) is 0 Å². The van der Waals surface area contributed by atoms with Gasteiger partial charge >= 0.3 is 5.82 Å². The van der Waals surface area contributed by atoms with Gasteiger partial charge < -0.3 is 20.1 Å². The lowest BCUT2D eigenvalue weighted by molar-refractivity contribution is -0.388. The molecule has 0 amide bonds. The molecule has 0 spiro atoms. The summed E-state index contributed by atoms with van der Waals surface area (Å²) in [6.45, 7) is 0.980. The Morgan fingerprint density at radius 1 is 1.67 bits per heavy atom. The van der Waals surface area contributed by atoms with E-state index in [0.29, 0.717) is 5.82 Å². The summed E-state index contributed by atoms with van der Waals surface area (Å²) in [4.78, 5) is 16.4. The van der Waals surface area contributed by atoms with Crippen molar-refractivity contribution in [2.75, 3.05) is 18.1 Å². The van der Waals surface area contributed by atoms with Gasteiger partial charge in [0.05, 0.1) is 0 Å². The zero-order valence-electron chi connectivity index (χ0n) is 10.4. The third kappa shape index (κ3) is 2.31. The minimum atomic E-state index is -0.434. The first kappa shape index (κ1) is 12.8. The molecule has 1 fully saturated rings. The second kappa shape index (κ2) is 5.34. The van der Waals surface area contributed by atoms with Crippen molar-refractivity contribution in [3.8, 4) is 0 Å². The molecule has 0 saturated carbocycles. The van der Waals surface area contributed by atoms with Crippen molar-refractivity contribution in [3.63, 3.8) is 0 Å². The normalized spacial score (nSPS) is 19.4. The molecule has 0 aromatic carbocycles. The fourth-order valence-electron chi connectivity index (χ4n) is 2.61. The van der Waals surface area contributed by atoms with E-state index in [1.807, 2.05) is 0 Å². The monoisotopic (exact) mass is 254 g/mol. The Bertz CT molecular complexity index is 432. The second-order valence-corrected chi connectivity index (χ2v) is 4.62. The van der Waals surface area contributed by atoms with Crippen molar-refractivity contribution in [2.45, 2.75) is 31.7 Å². The Morgan fingerprint density at radius 2 is 2.44 bits per heavy atom. The van der Waals surface area contributed by atoms with Gasteiger partial charge in [0.25, 0.3) is 0 Å². The molecule has 1 aliphatic rings. The molecule has 7 heteroatoms. The highest BCUT2D eigenvalue weighted by molar-refractivity contribution is 5.56. The van der Waals surface area contributed by atoms with E-state index in [0.717, 1.165) is 32.2 Å². The lowest BCUT2D eigenvalue weighted by atomic mass is 10.1. The van der Waals surface area contributed by atoms with Crippen LogP contribution in [0.1, 0.15) is 25.7 Å². The standard InChI is InChI=1S/C11H18N4O3/c1-13-8-12-10(15(17)18)11(13)14-6-2-4-9(14)5-3-7-16/h8-9,16H,2-7H2,1H3. The van der Waals surface area contributed by atoms with Crippen LogP contribution in [0.25, 0.3) is 0 Å². The summed E-state index contributed by atoms with van der Waals surface area (Å²) in [5, 5.41) is 19.9. The summed E-state index contributed by atoms with van der Waals surface area (Å²) >= 11 is 0. The molecule has 0 radical (unpaired) electrons. The molecule has 100 valence electrons. The van der Waals surface area contributed by atoms with E-state index < -0.39 is 4.92 Å². The number of aliphatic hydroxyl groups excluding tert-OH is 1. The number of imidazole rings is 1. The lowest BCUT2D eigenvalue weighted by Gasteiger charge is -2.25. The topological polar surface area (TPSA) is 84.4 Å². The first-order chi connectivity index (χ1) is 8.65. The highest BCUT2D eigenvalue weighted by atomic mass is 16.6. The first-order valence-electron chi connectivity index (χ1n) is 6.18. The molecule has 0 bridgehead atoms. The van der Waals surface area contributed by atoms with Crippen LogP contribution in [-0.2, 0) is 7.05 Å². The van der Waals surface area contributed by atoms with Crippen LogP contribution in [0, 0.1) is 10.1 Å². The smallest absolute Gasteiger partial charge is 0.396 e. The average molecular weight is 254 g/mol. The molecule has 2 rings (SSSR count). The predicted octanol–water partition coefficient (Wildman–Crippen LogP) is 1.07. The SMILES string of the molecule is Cn1cnc([N+](=O)[O-])c1N1CCCC1CCCO. The van der Waals surface area contributed by atoms with Crippen LogP contribution in [0.3, 0.4) is 0 Å². The van der Waals surface area contributed by atoms with Crippen molar-refractivity contribution in [1.82, 2.24) is 9.55 Å². The van der Waals surface area contributed by atoms with Crippen LogP contribution in [0.5, 0.6) is 0 Å². The fourth-order valence-corrected chi connectivity index (χ4v) is 2.61. The van der Waals surface area contributed by atoms with E-state index >= 15 is 0 Å². The van der Waals surface area contributed by atoms with E-state index in [9.17, 15) is 10.1 Å². The zero-order chi connectivity index (χ0) is 13.1. The molecule has 18 heavy (non-hydrogen) atoms. The summed E-state index contributed by atoms with van der Waals surface area (Å²) in [6, 6.07) is 0.270. The molecule has 0 aliphatic carbocycles. The van der Waals surface area contributed by atoms with Crippen LogP contribution in [0.15, 0.2) is 6.33 Å². The van der Waals surface area contributed by atoms with Gasteiger partial charge in [0.2, 0.25) is 12.1 Å². The quantitative estimate of drug-likeness (QED) is 0.627. The van der Waals surface area contributed by atoms with Gasteiger partial charge in [0.1, 0.15) is 0 Å². The summed E-state index contributed by atoms with van der Waals surface area (Å²) < 4.78 is 1.70. The van der Waals surface area contributed by atoms with Gasteiger partial charge in [0.15, 0.2) is 0 Å². The van der Waals surface area contributed by atoms with Gasteiger partial charge in [-0.15, -0.1) is 0 Å². The van der Waals surface area contributed by atoms with E-state index in [2.05, 4.69) is 9.88 Å². The highest BCUT2D eigenvalue weighted by Crippen LogP contribution is 2.33. The molecule has 1 N–H and O–H groups in total. The van der Waals surface area contributed by atoms with Crippen LogP contribution in [-0.4, -0.2) is 38.8 Å². The van der Waals surface area contributed by atoms with Crippen LogP contribution in [0.2, 0.25) is 0 Å². The molecule has 1 aliphatic heterocycles. The molecule has 1 unspecified atom stereocenters. The highest BCUT2D eigenvalue weighted by Gasteiger charge is 2.33. The Morgan fingerprint density at radius 3 is 3.11 bits per heavy atom. The number of aromatic nitrogens is 2. The number of hydrogen-bond acceptors (Lipinski definition) is 5. The van der Waals surface area contributed by atoms with Gasteiger partial charge in [-0.3, -0.25) is 4.57 Å². The van der Waals surface area contributed by atoms with Crippen molar-refractivity contribution in [1.29, 1.82) is 0 Å². The fraction of sp³-hybridized carbons (Fsp3) is 0.727. The van der Waals surface area contributed by atoms with Crippen LogP contribution < -0.4 is 4.90 Å². The Kier molecular flexibility index (Phi) is 3.81. The minimum Gasteiger partial charge on any atom is -0.396 e. The Labute approximate surface area is 105 Å². The molecule has 1 aromatic rings.